The molecule has 2 aromatic rings. The van der Waals surface area contributed by atoms with E-state index in [0.29, 0.717) is 22.3 Å². The normalized spacial score (nSPS) is 12.1. The summed E-state index contributed by atoms with van der Waals surface area (Å²) < 4.78 is 13.6. The summed E-state index contributed by atoms with van der Waals surface area (Å²) in [5.41, 5.74) is 2.22. The number of hydrogen-bond acceptors (Lipinski definition) is 3. The van der Waals surface area contributed by atoms with Crippen LogP contribution in [-0.4, -0.2) is 47.3 Å². The van der Waals surface area contributed by atoms with E-state index in [4.69, 9.17) is 16.7 Å². The van der Waals surface area contributed by atoms with Crippen molar-refractivity contribution < 1.29 is 19.4 Å². The zero-order valence-corrected chi connectivity index (χ0v) is 14.2. The Kier molecular flexibility index (Phi) is 5.94. The van der Waals surface area contributed by atoms with Gasteiger partial charge >= 0.3 is 0 Å². The standard InChI is InChI=1S/C18H19ClFNO3/c1-11-6-15(16(19)8-17(11)20)12-4-3-5-13(7-12)18(24)21(2)9-14(23)10-22/h3-8,14,22-23H,9-10H2,1-2H3/t14-/m0/s1. The lowest BCUT2D eigenvalue weighted by atomic mass is 10.0. The Morgan fingerprint density at radius 1 is 1.33 bits per heavy atom. The van der Waals surface area contributed by atoms with Crippen LogP contribution >= 0.6 is 11.6 Å². The Bertz CT molecular complexity index is 751. The number of aryl methyl sites for hydroxylation is 1. The van der Waals surface area contributed by atoms with Gasteiger partial charge in [0.05, 0.1) is 17.7 Å². The van der Waals surface area contributed by atoms with Crippen LogP contribution in [0.4, 0.5) is 4.39 Å². The lowest BCUT2D eigenvalue weighted by Crippen LogP contribution is -2.35. The second kappa shape index (κ2) is 7.75. The predicted molar refractivity (Wildman–Crippen MR) is 91.6 cm³/mol. The van der Waals surface area contributed by atoms with Crippen molar-refractivity contribution in [2.75, 3.05) is 20.2 Å². The zero-order chi connectivity index (χ0) is 17.9. The van der Waals surface area contributed by atoms with Crippen molar-refractivity contribution in [3.05, 3.63) is 58.4 Å². The van der Waals surface area contributed by atoms with Crippen molar-refractivity contribution in [2.45, 2.75) is 13.0 Å². The molecule has 1 amide bonds. The van der Waals surface area contributed by atoms with Gasteiger partial charge in [0.25, 0.3) is 5.91 Å². The minimum Gasteiger partial charge on any atom is -0.394 e. The number of aliphatic hydroxyl groups is 2. The molecule has 2 rings (SSSR count). The quantitative estimate of drug-likeness (QED) is 0.870. The fourth-order valence-corrected chi connectivity index (χ4v) is 2.63. The molecule has 0 aromatic heterocycles. The molecule has 0 radical (unpaired) electrons. The predicted octanol–water partition coefficient (Wildman–Crippen LogP) is 2.88. The Morgan fingerprint density at radius 3 is 2.71 bits per heavy atom. The number of carbonyl (C=O) groups is 1. The van der Waals surface area contributed by atoms with Crippen LogP contribution in [0.1, 0.15) is 15.9 Å². The molecule has 0 aliphatic carbocycles. The molecule has 6 heteroatoms. The minimum absolute atomic E-state index is 0.0238. The third-order valence-corrected chi connectivity index (χ3v) is 4.02. The molecule has 0 spiro atoms. The van der Waals surface area contributed by atoms with Crippen molar-refractivity contribution in [3.8, 4) is 11.1 Å². The highest BCUT2D eigenvalue weighted by molar-refractivity contribution is 6.33. The van der Waals surface area contributed by atoms with Gasteiger partial charge in [0.15, 0.2) is 0 Å². The van der Waals surface area contributed by atoms with Crippen LogP contribution in [-0.2, 0) is 0 Å². The van der Waals surface area contributed by atoms with Crippen LogP contribution in [0.2, 0.25) is 5.02 Å². The molecule has 0 saturated carbocycles. The molecular formula is C18H19ClFNO3. The number of carbonyl (C=O) groups excluding carboxylic acids is 1. The van der Waals surface area contributed by atoms with E-state index in [0.717, 1.165) is 0 Å². The average Bonchev–Trinajstić information content (AvgIpc) is 2.57. The molecule has 4 nitrogen and oxygen atoms in total. The first-order chi connectivity index (χ1) is 11.3. The minimum atomic E-state index is -0.990. The first-order valence-corrected chi connectivity index (χ1v) is 7.81. The van der Waals surface area contributed by atoms with Gasteiger partial charge in [-0.3, -0.25) is 4.79 Å². The number of halogens is 2. The molecular weight excluding hydrogens is 333 g/mol. The van der Waals surface area contributed by atoms with Crippen molar-refractivity contribution in [3.63, 3.8) is 0 Å². The van der Waals surface area contributed by atoms with E-state index < -0.39 is 12.7 Å². The van der Waals surface area contributed by atoms with Gasteiger partial charge in [0.1, 0.15) is 5.82 Å². The van der Waals surface area contributed by atoms with E-state index in [9.17, 15) is 14.3 Å². The van der Waals surface area contributed by atoms with Crippen LogP contribution in [0.3, 0.4) is 0 Å². The molecule has 0 bridgehead atoms. The van der Waals surface area contributed by atoms with Crippen LogP contribution < -0.4 is 0 Å². The van der Waals surface area contributed by atoms with E-state index in [1.54, 1.807) is 44.3 Å². The monoisotopic (exact) mass is 351 g/mol. The van der Waals surface area contributed by atoms with Gasteiger partial charge < -0.3 is 15.1 Å². The topological polar surface area (TPSA) is 60.8 Å². The summed E-state index contributed by atoms with van der Waals surface area (Å²) in [4.78, 5) is 13.8. The van der Waals surface area contributed by atoms with Crippen LogP contribution in [0.25, 0.3) is 11.1 Å². The summed E-state index contributed by atoms with van der Waals surface area (Å²) in [6.45, 7) is 1.26. The second-order valence-corrected chi connectivity index (χ2v) is 6.09. The summed E-state index contributed by atoms with van der Waals surface area (Å²) in [6.07, 6.45) is -0.990. The fourth-order valence-electron chi connectivity index (χ4n) is 2.38. The SMILES string of the molecule is Cc1cc(-c2cccc(C(=O)N(C)C[C@H](O)CO)c2)c(Cl)cc1F. The lowest BCUT2D eigenvalue weighted by Gasteiger charge is -2.20. The van der Waals surface area contributed by atoms with Crippen molar-refractivity contribution in [2.24, 2.45) is 0 Å². The largest absolute Gasteiger partial charge is 0.394 e. The van der Waals surface area contributed by atoms with Crippen LogP contribution in [0.5, 0.6) is 0 Å². The van der Waals surface area contributed by atoms with Gasteiger partial charge in [-0.25, -0.2) is 4.39 Å². The van der Waals surface area contributed by atoms with E-state index in [2.05, 4.69) is 0 Å². The maximum Gasteiger partial charge on any atom is 0.253 e. The Morgan fingerprint density at radius 2 is 2.04 bits per heavy atom. The molecule has 0 saturated heterocycles. The molecule has 0 aliphatic heterocycles. The summed E-state index contributed by atoms with van der Waals surface area (Å²) >= 11 is 6.12. The molecule has 2 aromatic carbocycles. The fraction of sp³-hybridized carbons (Fsp3) is 0.278. The molecule has 0 aliphatic rings. The van der Waals surface area contributed by atoms with Gasteiger partial charge in [0, 0.05) is 24.7 Å². The van der Waals surface area contributed by atoms with Crippen LogP contribution in [0.15, 0.2) is 36.4 Å². The number of amides is 1. The molecule has 128 valence electrons. The maximum absolute atomic E-state index is 13.6. The van der Waals surface area contributed by atoms with E-state index >= 15 is 0 Å². The number of benzene rings is 2. The smallest absolute Gasteiger partial charge is 0.253 e. The number of likely N-dealkylation sites (N-methyl/N-ethyl adjacent to an activating group) is 1. The van der Waals surface area contributed by atoms with Gasteiger partial charge in [-0.1, -0.05) is 23.7 Å². The number of rotatable bonds is 5. The first kappa shape index (κ1) is 18.4. The summed E-state index contributed by atoms with van der Waals surface area (Å²) in [7, 11) is 1.54. The van der Waals surface area contributed by atoms with Gasteiger partial charge in [0.2, 0.25) is 0 Å². The summed E-state index contributed by atoms with van der Waals surface area (Å²) in [5, 5.41) is 18.6. The summed E-state index contributed by atoms with van der Waals surface area (Å²) in [6, 6.07) is 9.72. The Hall–Kier alpha value is -1.95. The van der Waals surface area contributed by atoms with E-state index in [1.165, 1.54) is 11.0 Å². The summed E-state index contributed by atoms with van der Waals surface area (Å²) in [5.74, 6) is -0.673. The molecule has 0 fully saturated rings. The third kappa shape index (κ3) is 4.12. The molecule has 1 atom stereocenters. The number of hydrogen-bond donors (Lipinski definition) is 2. The van der Waals surface area contributed by atoms with Crippen LogP contribution in [0, 0.1) is 12.7 Å². The van der Waals surface area contributed by atoms with Gasteiger partial charge in [-0.2, -0.15) is 0 Å². The molecule has 0 unspecified atom stereocenters. The number of nitrogens with zero attached hydrogens (tertiary/aromatic N) is 1. The molecule has 2 N–H and O–H groups in total. The van der Waals surface area contributed by atoms with Crippen molar-refractivity contribution in [1.29, 1.82) is 0 Å². The zero-order valence-electron chi connectivity index (χ0n) is 13.5. The third-order valence-electron chi connectivity index (χ3n) is 3.71. The highest BCUT2D eigenvalue weighted by Gasteiger charge is 2.16. The molecule has 24 heavy (non-hydrogen) atoms. The van der Waals surface area contributed by atoms with Gasteiger partial charge in [-0.05, 0) is 42.3 Å². The maximum atomic E-state index is 13.6. The average molecular weight is 352 g/mol. The second-order valence-electron chi connectivity index (χ2n) is 5.68. The van der Waals surface area contributed by atoms with Crippen molar-refractivity contribution >= 4 is 17.5 Å². The number of aliphatic hydroxyl groups excluding tert-OH is 2. The van der Waals surface area contributed by atoms with Crippen molar-refractivity contribution in [1.82, 2.24) is 4.90 Å². The lowest BCUT2D eigenvalue weighted by molar-refractivity contribution is 0.0520. The highest BCUT2D eigenvalue weighted by atomic mass is 35.5. The van der Waals surface area contributed by atoms with Gasteiger partial charge in [-0.15, -0.1) is 0 Å². The van der Waals surface area contributed by atoms with E-state index in [-0.39, 0.29) is 23.3 Å². The first-order valence-electron chi connectivity index (χ1n) is 7.44. The Balaban J connectivity index is 2.32. The van der Waals surface area contributed by atoms with E-state index in [1.807, 2.05) is 0 Å². The highest BCUT2D eigenvalue weighted by Crippen LogP contribution is 2.31. The Labute approximate surface area is 145 Å². The molecule has 0 heterocycles.